The van der Waals surface area contributed by atoms with Gasteiger partial charge in [0.2, 0.25) is 0 Å². The van der Waals surface area contributed by atoms with E-state index >= 15 is 0 Å². The lowest BCUT2D eigenvalue weighted by atomic mass is 9.79. The SMILES string of the molecule is CC1C(C#N)C(=C(C#N)C#N)OC1(C)c1cc(Cl)cc(Cl)c1. The van der Waals surface area contributed by atoms with Gasteiger partial charge in [0, 0.05) is 16.0 Å². The molecule has 0 aromatic heterocycles. The minimum absolute atomic E-state index is 0.110. The van der Waals surface area contributed by atoms with Crippen LogP contribution in [0, 0.1) is 45.8 Å². The molecular formula is C16H11Cl2N3O. The number of nitrogens with zero attached hydrogens (tertiary/aromatic N) is 3. The molecule has 4 nitrogen and oxygen atoms in total. The Hall–Kier alpha value is -2.19. The fraction of sp³-hybridized carbons (Fsp3) is 0.312. The summed E-state index contributed by atoms with van der Waals surface area (Å²) < 4.78 is 5.90. The van der Waals surface area contributed by atoms with Crippen LogP contribution in [-0.4, -0.2) is 0 Å². The Bertz CT molecular complexity index is 746. The van der Waals surface area contributed by atoms with Crippen LogP contribution in [0.5, 0.6) is 0 Å². The maximum Gasteiger partial charge on any atom is 0.168 e. The van der Waals surface area contributed by atoms with Gasteiger partial charge in [-0.15, -0.1) is 0 Å². The van der Waals surface area contributed by atoms with Crippen molar-refractivity contribution in [1.29, 1.82) is 15.8 Å². The van der Waals surface area contributed by atoms with Crippen LogP contribution < -0.4 is 0 Å². The zero-order valence-electron chi connectivity index (χ0n) is 11.9. The van der Waals surface area contributed by atoms with E-state index in [0.29, 0.717) is 15.6 Å². The summed E-state index contributed by atoms with van der Waals surface area (Å²) >= 11 is 12.1. The highest BCUT2D eigenvalue weighted by molar-refractivity contribution is 6.34. The molecule has 1 aromatic carbocycles. The average molecular weight is 332 g/mol. The van der Waals surface area contributed by atoms with Gasteiger partial charge in [0.1, 0.15) is 29.4 Å². The Balaban J connectivity index is 2.63. The summed E-state index contributed by atoms with van der Waals surface area (Å²) in [6.07, 6.45) is 0. The number of hydrogen-bond donors (Lipinski definition) is 0. The van der Waals surface area contributed by atoms with Crippen LogP contribution in [0.25, 0.3) is 0 Å². The van der Waals surface area contributed by atoms with E-state index in [1.54, 1.807) is 37.3 Å². The van der Waals surface area contributed by atoms with Crippen molar-refractivity contribution in [1.82, 2.24) is 0 Å². The van der Waals surface area contributed by atoms with Gasteiger partial charge in [-0.25, -0.2) is 0 Å². The number of halogens is 2. The maximum atomic E-state index is 9.40. The Morgan fingerprint density at radius 2 is 1.68 bits per heavy atom. The molecule has 0 bridgehead atoms. The topological polar surface area (TPSA) is 80.6 Å². The van der Waals surface area contributed by atoms with Crippen molar-refractivity contribution in [2.45, 2.75) is 19.4 Å². The van der Waals surface area contributed by atoms with Crippen molar-refractivity contribution >= 4 is 23.2 Å². The third-order valence-electron chi connectivity index (χ3n) is 4.02. The summed E-state index contributed by atoms with van der Waals surface area (Å²) in [5.41, 5.74) is -0.387. The number of ether oxygens (including phenoxy) is 1. The fourth-order valence-electron chi connectivity index (χ4n) is 2.60. The van der Waals surface area contributed by atoms with E-state index in [1.165, 1.54) is 0 Å². The minimum atomic E-state index is -0.900. The summed E-state index contributed by atoms with van der Waals surface area (Å²) in [5, 5.41) is 28.4. The van der Waals surface area contributed by atoms with Gasteiger partial charge in [-0.3, -0.25) is 0 Å². The molecule has 1 saturated heterocycles. The lowest BCUT2D eigenvalue weighted by Gasteiger charge is -2.29. The standard InChI is InChI=1S/C16H11Cl2N3O/c1-9-14(8-21)15(10(6-19)7-20)22-16(9,2)11-3-12(17)5-13(18)4-11/h3-5,9,14H,1-2H3. The molecular weight excluding hydrogens is 321 g/mol. The summed E-state index contributed by atoms with van der Waals surface area (Å²) in [7, 11) is 0. The van der Waals surface area contributed by atoms with Gasteiger partial charge in [0.25, 0.3) is 0 Å². The summed E-state index contributed by atoms with van der Waals surface area (Å²) in [4.78, 5) is 0. The third kappa shape index (κ3) is 2.51. The number of benzene rings is 1. The largest absolute Gasteiger partial charge is 0.483 e. The van der Waals surface area contributed by atoms with Gasteiger partial charge in [-0.05, 0) is 30.7 Å². The molecule has 2 rings (SSSR count). The predicted octanol–water partition coefficient (Wildman–Crippen LogP) is 4.32. The number of hydrogen-bond acceptors (Lipinski definition) is 4. The zero-order chi connectivity index (χ0) is 16.5. The van der Waals surface area contributed by atoms with Gasteiger partial charge >= 0.3 is 0 Å². The molecule has 22 heavy (non-hydrogen) atoms. The van der Waals surface area contributed by atoms with E-state index in [0.717, 1.165) is 0 Å². The quantitative estimate of drug-likeness (QED) is 0.717. The van der Waals surface area contributed by atoms with Crippen LogP contribution >= 0.6 is 23.2 Å². The Morgan fingerprint density at radius 3 is 2.14 bits per heavy atom. The van der Waals surface area contributed by atoms with E-state index in [-0.39, 0.29) is 17.3 Å². The summed E-state index contributed by atoms with van der Waals surface area (Å²) in [6.45, 7) is 3.63. The first-order valence-electron chi connectivity index (χ1n) is 6.47. The van der Waals surface area contributed by atoms with Gasteiger partial charge in [0.05, 0.1) is 6.07 Å². The van der Waals surface area contributed by atoms with Crippen molar-refractivity contribution in [2.24, 2.45) is 11.8 Å². The van der Waals surface area contributed by atoms with E-state index in [4.69, 9.17) is 38.5 Å². The molecule has 0 amide bonds. The Kier molecular flexibility index (Phi) is 4.34. The highest BCUT2D eigenvalue weighted by Gasteiger charge is 2.50. The van der Waals surface area contributed by atoms with Crippen molar-refractivity contribution < 1.29 is 4.74 Å². The second kappa shape index (κ2) is 5.90. The van der Waals surface area contributed by atoms with Crippen molar-refractivity contribution in [2.75, 3.05) is 0 Å². The lowest BCUT2D eigenvalue weighted by molar-refractivity contribution is 0.0245. The van der Waals surface area contributed by atoms with Gasteiger partial charge in [-0.2, -0.15) is 15.8 Å². The zero-order valence-corrected chi connectivity index (χ0v) is 13.4. The summed E-state index contributed by atoms with van der Waals surface area (Å²) in [6, 6.07) is 10.7. The number of allylic oxidation sites excluding steroid dienone is 2. The molecule has 3 unspecified atom stereocenters. The van der Waals surface area contributed by atoms with E-state index < -0.39 is 11.5 Å². The number of rotatable bonds is 1. The molecule has 0 saturated carbocycles. The molecule has 3 atom stereocenters. The van der Waals surface area contributed by atoms with Gasteiger partial charge in [0.15, 0.2) is 5.57 Å². The molecule has 1 aliphatic heterocycles. The molecule has 1 aromatic rings. The molecule has 0 radical (unpaired) electrons. The first-order valence-corrected chi connectivity index (χ1v) is 7.22. The van der Waals surface area contributed by atoms with E-state index in [2.05, 4.69) is 6.07 Å². The van der Waals surface area contributed by atoms with E-state index in [1.807, 2.05) is 6.92 Å². The molecule has 1 fully saturated rings. The smallest absolute Gasteiger partial charge is 0.168 e. The van der Waals surface area contributed by atoms with Crippen molar-refractivity contribution in [3.05, 3.63) is 45.1 Å². The van der Waals surface area contributed by atoms with Gasteiger partial charge in [-0.1, -0.05) is 30.1 Å². The average Bonchev–Trinajstić information content (AvgIpc) is 2.72. The first-order chi connectivity index (χ1) is 10.4. The molecule has 6 heteroatoms. The van der Waals surface area contributed by atoms with Crippen LogP contribution in [0.4, 0.5) is 0 Å². The molecule has 110 valence electrons. The van der Waals surface area contributed by atoms with Crippen LogP contribution in [0.1, 0.15) is 19.4 Å². The van der Waals surface area contributed by atoms with Crippen LogP contribution in [0.3, 0.4) is 0 Å². The second-order valence-electron chi connectivity index (χ2n) is 5.23. The monoisotopic (exact) mass is 331 g/mol. The maximum absolute atomic E-state index is 9.40. The molecule has 1 heterocycles. The van der Waals surface area contributed by atoms with Crippen LogP contribution in [0.2, 0.25) is 10.0 Å². The number of nitriles is 3. The highest BCUT2D eigenvalue weighted by Crippen LogP contribution is 2.50. The lowest BCUT2D eigenvalue weighted by Crippen LogP contribution is -2.28. The minimum Gasteiger partial charge on any atom is -0.483 e. The third-order valence-corrected chi connectivity index (χ3v) is 4.45. The van der Waals surface area contributed by atoms with Crippen LogP contribution in [0.15, 0.2) is 29.5 Å². The van der Waals surface area contributed by atoms with Gasteiger partial charge < -0.3 is 4.74 Å². The van der Waals surface area contributed by atoms with Crippen molar-refractivity contribution in [3.8, 4) is 18.2 Å². The first kappa shape index (κ1) is 16.2. The highest BCUT2D eigenvalue weighted by atomic mass is 35.5. The normalized spacial score (nSPS) is 26.5. The van der Waals surface area contributed by atoms with E-state index in [9.17, 15) is 5.26 Å². The molecule has 0 N–H and O–H groups in total. The Morgan fingerprint density at radius 1 is 1.14 bits per heavy atom. The second-order valence-corrected chi connectivity index (χ2v) is 6.10. The van der Waals surface area contributed by atoms with Crippen LogP contribution in [-0.2, 0) is 10.3 Å². The summed E-state index contributed by atoms with van der Waals surface area (Å²) in [5.74, 6) is -0.852. The molecule has 0 spiro atoms. The molecule has 0 aliphatic carbocycles. The Labute approximate surface area is 138 Å². The molecule has 1 aliphatic rings. The fourth-order valence-corrected chi connectivity index (χ4v) is 3.13. The predicted molar refractivity (Wildman–Crippen MR) is 81.4 cm³/mol. The van der Waals surface area contributed by atoms with Crippen molar-refractivity contribution in [3.63, 3.8) is 0 Å².